The molecule has 0 unspecified atom stereocenters. The van der Waals surface area contributed by atoms with Gasteiger partial charge in [0.2, 0.25) is 0 Å². The highest BCUT2D eigenvalue weighted by Gasteiger charge is 2.13. The van der Waals surface area contributed by atoms with Crippen molar-refractivity contribution in [1.29, 1.82) is 0 Å². The van der Waals surface area contributed by atoms with E-state index in [1.54, 1.807) is 35.6 Å². The van der Waals surface area contributed by atoms with Crippen molar-refractivity contribution < 1.29 is 9.21 Å². The summed E-state index contributed by atoms with van der Waals surface area (Å²) in [5, 5.41) is 6.52. The van der Waals surface area contributed by atoms with Crippen molar-refractivity contribution in [3.63, 3.8) is 0 Å². The third-order valence-corrected chi connectivity index (χ3v) is 6.01. The van der Waals surface area contributed by atoms with Gasteiger partial charge >= 0.3 is 5.63 Å². The summed E-state index contributed by atoms with van der Waals surface area (Å²) in [4.78, 5) is 29.4. The van der Waals surface area contributed by atoms with E-state index >= 15 is 0 Å². The number of nitrogens with one attached hydrogen (secondary N) is 1. The van der Waals surface area contributed by atoms with Gasteiger partial charge in [-0.15, -0.1) is 11.3 Å². The molecule has 0 fully saturated rings. The number of thiazole rings is 1. The number of carbonyl (C=O) groups is 1. The Hall–Kier alpha value is -4.03. The van der Waals surface area contributed by atoms with Gasteiger partial charge in [-0.05, 0) is 17.7 Å². The third kappa shape index (κ3) is 4.08. The van der Waals surface area contributed by atoms with Crippen LogP contribution in [0.3, 0.4) is 0 Å². The molecule has 32 heavy (non-hydrogen) atoms. The first-order valence-corrected chi connectivity index (χ1v) is 11.0. The summed E-state index contributed by atoms with van der Waals surface area (Å²) >= 11 is 1.61. The topological polar surface area (TPSA) is 72.2 Å². The summed E-state index contributed by atoms with van der Waals surface area (Å²) in [6.07, 6.45) is 0. The zero-order valence-corrected chi connectivity index (χ0v) is 17.8. The van der Waals surface area contributed by atoms with E-state index in [1.165, 1.54) is 0 Å². The minimum Gasteiger partial charge on any atom is -0.422 e. The van der Waals surface area contributed by atoms with Gasteiger partial charge in [0, 0.05) is 28.4 Å². The van der Waals surface area contributed by atoms with Crippen molar-refractivity contribution in [2.45, 2.75) is 6.54 Å². The van der Waals surface area contributed by atoms with E-state index in [4.69, 9.17) is 9.40 Å². The summed E-state index contributed by atoms with van der Waals surface area (Å²) in [5.41, 5.74) is 3.76. The molecule has 2 heterocycles. The number of nitrogens with zero attached hydrogens (tertiary/aromatic N) is 1. The van der Waals surface area contributed by atoms with Gasteiger partial charge in [0.15, 0.2) is 0 Å². The van der Waals surface area contributed by atoms with E-state index in [0.29, 0.717) is 17.5 Å². The highest BCUT2D eigenvalue weighted by atomic mass is 32.1. The van der Waals surface area contributed by atoms with Crippen molar-refractivity contribution in [2.75, 3.05) is 0 Å². The molecule has 0 spiro atoms. The fraction of sp³-hybridized carbons (Fsp3) is 0.0385. The molecule has 6 heteroatoms. The van der Waals surface area contributed by atoms with Gasteiger partial charge in [-0.25, -0.2) is 9.78 Å². The zero-order chi connectivity index (χ0) is 21.9. The first kappa shape index (κ1) is 19.9. The fourth-order valence-electron chi connectivity index (χ4n) is 3.41. The Morgan fingerprint density at radius 3 is 2.47 bits per heavy atom. The molecule has 156 valence electrons. The summed E-state index contributed by atoms with van der Waals surface area (Å²) in [7, 11) is 0. The van der Waals surface area contributed by atoms with Gasteiger partial charge in [0.1, 0.15) is 16.2 Å². The lowest BCUT2D eigenvalue weighted by Gasteiger charge is -2.06. The number of fused-ring (bicyclic) bond motifs is 1. The number of aromatic nitrogens is 1. The maximum absolute atomic E-state index is 12.5. The van der Waals surface area contributed by atoms with Crippen LogP contribution >= 0.6 is 11.3 Å². The molecule has 5 rings (SSSR count). The van der Waals surface area contributed by atoms with E-state index in [9.17, 15) is 9.59 Å². The number of para-hydroxylation sites is 1. The van der Waals surface area contributed by atoms with Gasteiger partial charge in [-0.3, -0.25) is 4.79 Å². The lowest BCUT2D eigenvalue weighted by molar-refractivity contribution is 0.0947. The minimum atomic E-state index is -0.644. The standard InChI is InChI=1S/C26H18N2O3S/c29-24(21-14-20-8-4-5-9-23(20)31-26(21)30)27-15-17-10-12-18(13-11-17)22-16-32-25(28-22)19-6-2-1-3-7-19/h1-14,16H,15H2,(H,27,29). The Morgan fingerprint density at radius 1 is 0.906 bits per heavy atom. The van der Waals surface area contributed by atoms with E-state index in [2.05, 4.69) is 5.32 Å². The normalized spacial score (nSPS) is 10.9. The van der Waals surface area contributed by atoms with Crippen molar-refractivity contribution in [3.05, 3.63) is 112 Å². The highest BCUT2D eigenvalue weighted by molar-refractivity contribution is 7.13. The molecule has 0 saturated heterocycles. The predicted octanol–water partition coefficient (Wildman–Crippen LogP) is 5.51. The molecular weight excluding hydrogens is 420 g/mol. The number of carbonyl (C=O) groups excluding carboxylic acids is 1. The molecule has 3 aromatic carbocycles. The van der Waals surface area contributed by atoms with E-state index in [0.717, 1.165) is 27.4 Å². The molecule has 0 bridgehead atoms. The Morgan fingerprint density at radius 2 is 1.66 bits per heavy atom. The second-order valence-corrected chi connectivity index (χ2v) is 8.13. The lowest BCUT2D eigenvalue weighted by atomic mass is 10.1. The largest absolute Gasteiger partial charge is 0.422 e. The number of amides is 1. The molecule has 5 nitrogen and oxygen atoms in total. The average molecular weight is 439 g/mol. The monoisotopic (exact) mass is 438 g/mol. The first-order chi connectivity index (χ1) is 15.7. The quantitative estimate of drug-likeness (QED) is 0.367. The van der Waals surface area contributed by atoms with Crippen LogP contribution in [0.2, 0.25) is 0 Å². The summed E-state index contributed by atoms with van der Waals surface area (Å²) < 4.78 is 5.24. The van der Waals surface area contributed by atoms with Crippen LogP contribution in [-0.4, -0.2) is 10.9 Å². The Kier molecular flexibility index (Phi) is 5.35. The molecule has 1 N–H and O–H groups in total. The van der Waals surface area contributed by atoms with Gasteiger partial charge in [-0.1, -0.05) is 72.8 Å². The molecule has 0 aliphatic rings. The Balaban J connectivity index is 1.27. The van der Waals surface area contributed by atoms with Crippen LogP contribution in [0.1, 0.15) is 15.9 Å². The average Bonchev–Trinajstić information content (AvgIpc) is 3.33. The third-order valence-electron chi connectivity index (χ3n) is 5.11. The van der Waals surface area contributed by atoms with Crippen LogP contribution < -0.4 is 10.9 Å². The first-order valence-electron chi connectivity index (χ1n) is 10.1. The second kappa shape index (κ2) is 8.61. The Bertz CT molecular complexity index is 1450. The predicted molar refractivity (Wildman–Crippen MR) is 127 cm³/mol. The molecular formula is C26H18N2O3S. The number of hydrogen-bond donors (Lipinski definition) is 1. The summed E-state index contributed by atoms with van der Waals surface area (Å²) in [5.74, 6) is -0.458. The summed E-state index contributed by atoms with van der Waals surface area (Å²) in [6, 6.07) is 26.6. The van der Waals surface area contributed by atoms with Gasteiger partial charge < -0.3 is 9.73 Å². The molecule has 0 atom stereocenters. The number of hydrogen-bond acceptors (Lipinski definition) is 5. The maximum atomic E-state index is 12.5. The van der Waals surface area contributed by atoms with Crippen molar-refractivity contribution >= 4 is 28.2 Å². The van der Waals surface area contributed by atoms with Crippen LogP contribution in [0.15, 0.2) is 99.5 Å². The highest BCUT2D eigenvalue weighted by Crippen LogP contribution is 2.28. The van der Waals surface area contributed by atoms with Crippen LogP contribution in [-0.2, 0) is 6.54 Å². The van der Waals surface area contributed by atoms with Gasteiger partial charge in [-0.2, -0.15) is 0 Å². The number of benzene rings is 3. The van der Waals surface area contributed by atoms with E-state index in [-0.39, 0.29) is 5.56 Å². The maximum Gasteiger partial charge on any atom is 0.349 e. The van der Waals surface area contributed by atoms with Crippen LogP contribution in [0.5, 0.6) is 0 Å². The number of rotatable bonds is 5. The molecule has 0 saturated carbocycles. The van der Waals surface area contributed by atoms with Crippen LogP contribution in [0.4, 0.5) is 0 Å². The molecule has 2 aromatic heterocycles. The van der Waals surface area contributed by atoms with E-state index in [1.807, 2.05) is 66.0 Å². The minimum absolute atomic E-state index is 0.00349. The zero-order valence-electron chi connectivity index (χ0n) is 16.9. The van der Waals surface area contributed by atoms with Gasteiger partial charge in [0.25, 0.3) is 5.91 Å². The van der Waals surface area contributed by atoms with Crippen molar-refractivity contribution in [2.24, 2.45) is 0 Å². The molecule has 0 aliphatic carbocycles. The molecule has 0 radical (unpaired) electrons. The van der Waals surface area contributed by atoms with Gasteiger partial charge in [0.05, 0.1) is 5.69 Å². The Labute approximate surface area is 188 Å². The summed E-state index contributed by atoms with van der Waals surface area (Å²) in [6.45, 7) is 0.303. The molecule has 1 amide bonds. The smallest absolute Gasteiger partial charge is 0.349 e. The van der Waals surface area contributed by atoms with E-state index < -0.39 is 11.5 Å². The molecule has 0 aliphatic heterocycles. The van der Waals surface area contributed by atoms with Crippen LogP contribution in [0, 0.1) is 0 Å². The van der Waals surface area contributed by atoms with Crippen LogP contribution in [0.25, 0.3) is 32.8 Å². The SMILES string of the molecule is O=C(NCc1ccc(-c2csc(-c3ccccc3)n2)cc1)c1cc2ccccc2oc1=O. The lowest BCUT2D eigenvalue weighted by Crippen LogP contribution is -2.27. The van der Waals surface area contributed by atoms with Crippen molar-refractivity contribution in [1.82, 2.24) is 10.3 Å². The fourth-order valence-corrected chi connectivity index (χ4v) is 4.25. The van der Waals surface area contributed by atoms with Crippen molar-refractivity contribution in [3.8, 4) is 21.8 Å². The second-order valence-electron chi connectivity index (χ2n) is 7.27. The molecule has 5 aromatic rings.